The van der Waals surface area contributed by atoms with Gasteiger partial charge in [-0.25, -0.2) is 13.6 Å². The number of nitrogens with one attached hydrogen (secondary N) is 2. The summed E-state index contributed by atoms with van der Waals surface area (Å²) in [5.41, 5.74) is -0.635. The van der Waals surface area contributed by atoms with E-state index in [1.54, 1.807) is 26.0 Å². The lowest BCUT2D eigenvalue weighted by atomic mass is 9.77. The quantitative estimate of drug-likeness (QED) is 0.250. The van der Waals surface area contributed by atoms with Crippen molar-refractivity contribution in [2.45, 2.75) is 57.0 Å². The largest absolute Gasteiger partial charge is 0.488 e. The molecule has 246 valence electrons. The van der Waals surface area contributed by atoms with Crippen molar-refractivity contribution in [3.8, 4) is 22.6 Å². The number of rotatable bonds is 10. The van der Waals surface area contributed by atoms with Crippen LogP contribution in [0.2, 0.25) is 5.02 Å². The summed E-state index contributed by atoms with van der Waals surface area (Å²) in [4.78, 5) is 25.3. The summed E-state index contributed by atoms with van der Waals surface area (Å²) in [6.45, 7) is 4.12. The fourth-order valence-electron chi connectivity index (χ4n) is 6.05. The number of alkyl carbamates (subject to hydrolysis) is 1. The van der Waals surface area contributed by atoms with Gasteiger partial charge in [0.05, 0.1) is 30.3 Å². The van der Waals surface area contributed by atoms with E-state index in [0.29, 0.717) is 17.7 Å². The van der Waals surface area contributed by atoms with Crippen LogP contribution in [0.25, 0.3) is 11.1 Å². The number of hydrogen-bond donors (Lipinski definition) is 2. The molecule has 0 aromatic heterocycles. The van der Waals surface area contributed by atoms with E-state index in [-0.39, 0.29) is 47.6 Å². The molecule has 2 aliphatic heterocycles. The molecular formula is C34H37ClF2N2O7. The molecule has 3 aromatic rings. The van der Waals surface area contributed by atoms with E-state index in [0.717, 1.165) is 25.3 Å². The monoisotopic (exact) mass is 658 g/mol. The Bertz CT molecular complexity index is 1590. The molecule has 46 heavy (non-hydrogen) atoms. The van der Waals surface area contributed by atoms with E-state index in [1.165, 1.54) is 26.3 Å². The molecule has 0 bridgehead atoms. The van der Waals surface area contributed by atoms with Crippen molar-refractivity contribution in [1.29, 1.82) is 0 Å². The van der Waals surface area contributed by atoms with Crippen molar-refractivity contribution in [1.82, 2.24) is 10.6 Å². The summed E-state index contributed by atoms with van der Waals surface area (Å²) in [7, 11) is 2.64. The molecular weight excluding hydrogens is 622 g/mol. The number of carbonyl (C=O) groups excluding carboxylic acids is 2. The molecule has 0 aliphatic carbocycles. The van der Waals surface area contributed by atoms with Crippen LogP contribution >= 0.6 is 11.6 Å². The van der Waals surface area contributed by atoms with E-state index in [4.69, 9.17) is 35.3 Å². The van der Waals surface area contributed by atoms with Gasteiger partial charge in [0.2, 0.25) is 0 Å². The molecule has 12 heteroatoms. The second kappa shape index (κ2) is 14.2. The highest BCUT2D eigenvalue weighted by molar-refractivity contribution is 6.34. The summed E-state index contributed by atoms with van der Waals surface area (Å²) >= 11 is 6.65. The Balaban J connectivity index is 1.60. The lowest BCUT2D eigenvalue weighted by Crippen LogP contribution is -2.45. The number of halogens is 3. The molecule has 1 fully saturated rings. The lowest BCUT2D eigenvalue weighted by molar-refractivity contribution is -0.189. The Labute approximate surface area is 271 Å². The minimum atomic E-state index is -1.27. The third-order valence-electron chi connectivity index (χ3n) is 8.41. The molecule has 2 N–H and O–H groups in total. The van der Waals surface area contributed by atoms with Gasteiger partial charge in [-0.05, 0) is 43.9 Å². The Morgan fingerprint density at radius 3 is 2.57 bits per heavy atom. The number of benzene rings is 3. The summed E-state index contributed by atoms with van der Waals surface area (Å²) < 4.78 is 61.0. The fourth-order valence-corrected chi connectivity index (χ4v) is 6.30. The molecule has 0 saturated carbocycles. The van der Waals surface area contributed by atoms with Gasteiger partial charge in [0.25, 0.3) is 5.91 Å². The van der Waals surface area contributed by atoms with Gasteiger partial charge < -0.3 is 34.3 Å². The maximum Gasteiger partial charge on any atom is 0.407 e. The number of amides is 2. The SMILES string of the molecule is CNC(=O)c1ccc(OC[C@H](C)O[C@H]2CCCCO2)c(F)c1-c1c(Cl)c(F)cc2c1C(C)C(CNC(=O)OC)(c1ccccc1)O2. The first-order valence-electron chi connectivity index (χ1n) is 15.1. The predicted molar refractivity (Wildman–Crippen MR) is 167 cm³/mol. The molecule has 2 unspecified atom stereocenters. The van der Waals surface area contributed by atoms with E-state index in [1.807, 2.05) is 18.2 Å². The first kappa shape index (κ1) is 33.4. The van der Waals surface area contributed by atoms with Crippen molar-refractivity contribution >= 4 is 23.6 Å². The summed E-state index contributed by atoms with van der Waals surface area (Å²) in [5.74, 6) is -3.13. The van der Waals surface area contributed by atoms with Crippen LogP contribution in [0, 0.1) is 11.6 Å². The first-order chi connectivity index (χ1) is 22.1. The molecule has 4 atom stereocenters. The summed E-state index contributed by atoms with van der Waals surface area (Å²) in [5, 5.41) is 4.81. The number of fused-ring (bicyclic) bond motifs is 1. The van der Waals surface area contributed by atoms with Crippen LogP contribution in [0.4, 0.5) is 13.6 Å². The normalized spacial score (nSPS) is 21.1. The van der Waals surface area contributed by atoms with Crippen LogP contribution in [0.3, 0.4) is 0 Å². The molecule has 3 aromatic carbocycles. The van der Waals surface area contributed by atoms with E-state index >= 15 is 8.78 Å². The van der Waals surface area contributed by atoms with Crippen LogP contribution in [0.5, 0.6) is 11.5 Å². The van der Waals surface area contributed by atoms with Gasteiger partial charge in [-0.1, -0.05) is 48.9 Å². The highest BCUT2D eigenvalue weighted by atomic mass is 35.5. The van der Waals surface area contributed by atoms with Gasteiger partial charge in [-0.15, -0.1) is 0 Å². The smallest absolute Gasteiger partial charge is 0.407 e. The van der Waals surface area contributed by atoms with E-state index in [2.05, 4.69) is 10.6 Å². The average Bonchev–Trinajstić information content (AvgIpc) is 3.35. The minimum absolute atomic E-state index is 0.0135. The van der Waals surface area contributed by atoms with Gasteiger partial charge in [0.1, 0.15) is 18.2 Å². The van der Waals surface area contributed by atoms with Crippen molar-refractivity contribution < 1.29 is 42.1 Å². The Morgan fingerprint density at radius 2 is 1.89 bits per heavy atom. The van der Waals surface area contributed by atoms with E-state index < -0.39 is 46.3 Å². The van der Waals surface area contributed by atoms with Crippen LogP contribution in [-0.4, -0.2) is 58.3 Å². The third kappa shape index (κ3) is 6.49. The maximum atomic E-state index is 16.7. The zero-order valence-corrected chi connectivity index (χ0v) is 26.8. The van der Waals surface area contributed by atoms with Gasteiger partial charge in [-0.3, -0.25) is 4.79 Å². The second-order valence-electron chi connectivity index (χ2n) is 11.3. The highest BCUT2D eigenvalue weighted by Gasteiger charge is 2.50. The zero-order valence-electron chi connectivity index (χ0n) is 26.1. The Kier molecular flexibility index (Phi) is 10.3. The topological polar surface area (TPSA) is 104 Å². The maximum absolute atomic E-state index is 16.7. The number of hydrogen-bond acceptors (Lipinski definition) is 7. The highest BCUT2D eigenvalue weighted by Crippen LogP contribution is 2.56. The van der Waals surface area contributed by atoms with Crippen LogP contribution in [-0.2, 0) is 19.8 Å². The third-order valence-corrected chi connectivity index (χ3v) is 8.78. The molecule has 0 spiro atoms. The molecule has 0 radical (unpaired) electrons. The predicted octanol–water partition coefficient (Wildman–Crippen LogP) is 6.70. The van der Waals surface area contributed by atoms with Crippen molar-refractivity contribution in [2.24, 2.45) is 0 Å². The van der Waals surface area contributed by atoms with Crippen molar-refractivity contribution in [3.05, 3.63) is 81.9 Å². The number of ether oxygens (including phenoxy) is 5. The molecule has 2 amide bonds. The van der Waals surface area contributed by atoms with Crippen molar-refractivity contribution in [3.63, 3.8) is 0 Å². The zero-order chi connectivity index (χ0) is 33.0. The second-order valence-corrected chi connectivity index (χ2v) is 11.7. The molecule has 9 nitrogen and oxygen atoms in total. The molecule has 2 heterocycles. The molecule has 5 rings (SSSR count). The van der Waals surface area contributed by atoms with E-state index in [9.17, 15) is 9.59 Å². The summed E-state index contributed by atoms with van der Waals surface area (Å²) in [6, 6.07) is 12.9. The molecule has 2 aliphatic rings. The van der Waals surface area contributed by atoms with Crippen LogP contribution in [0.15, 0.2) is 48.5 Å². The lowest BCUT2D eigenvalue weighted by Gasteiger charge is -2.34. The van der Waals surface area contributed by atoms with Crippen LogP contribution < -0.4 is 20.1 Å². The van der Waals surface area contributed by atoms with Gasteiger partial charge in [-0.2, -0.15) is 0 Å². The Hall–Kier alpha value is -3.93. The van der Waals surface area contributed by atoms with Gasteiger partial charge >= 0.3 is 6.09 Å². The standard InChI is InChI=1S/C34H37ClF2N2O7/c1-19(45-26-12-8-9-15-43-26)17-44-24-14-13-22(32(40)38-3)28(31(24)37)29-27-20(2)34(18-39-33(41)42-4,21-10-6-5-7-11-21)46-25(27)16-23(36)30(29)35/h5-7,10-11,13-14,16,19-20,26H,8-9,12,15,17-18H2,1-4H3,(H,38,40)(H,39,41)/t19-,20?,26-,34?/m0/s1. The average molecular weight is 659 g/mol. The summed E-state index contributed by atoms with van der Waals surface area (Å²) in [6.07, 6.45) is 1.22. The van der Waals surface area contributed by atoms with Crippen LogP contribution in [0.1, 0.15) is 60.5 Å². The minimum Gasteiger partial charge on any atom is -0.488 e. The fraction of sp³-hybridized carbons (Fsp3) is 0.412. The van der Waals surface area contributed by atoms with Gasteiger partial charge in [0, 0.05) is 42.3 Å². The number of carbonyl (C=O) groups is 2. The van der Waals surface area contributed by atoms with Gasteiger partial charge in [0.15, 0.2) is 23.5 Å². The Morgan fingerprint density at radius 1 is 1.13 bits per heavy atom. The number of methoxy groups -OCH3 is 1. The molecule has 1 saturated heterocycles. The first-order valence-corrected chi connectivity index (χ1v) is 15.5. The van der Waals surface area contributed by atoms with Crippen molar-refractivity contribution in [2.75, 3.05) is 33.9 Å².